The molecule has 1 saturated heterocycles. The van der Waals surface area contributed by atoms with Crippen LogP contribution < -0.4 is 10.6 Å². The Balaban J connectivity index is 1.64. The van der Waals surface area contributed by atoms with E-state index in [0.717, 1.165) is 24.0 Å². The number of carbonyl (C=O) groups excluding carboxylic acids is 1. The van der Waals surface area contributed by atoms with Crippen molar-refractivity contribution in [2.24, 2.45) is 0 Å². The van der Waals surface area contributed by atoms with E-state index < -0.39 is 0 Å². The van der Waals surface area contributed by atoms with Gasteiger partial charge in [-0.05, 0) is 36.1 Å². The van der Waals surface area contributed by atoms with Crippen molar-refractivity contribution >= 4 is 6.03 Å². The molecule has 0 bridgehead atoms. The predicted molar refractivity (Wildman–Crippen MR) is 89.9 cm³/mol. The highest BCUT2D eigenvalue weighted by Crippen LogP contribution is 2.27. The highest BCUT2D eigenvalue weighted by molar-refractivity contribution is 5.74. The van der Waals surface area contributed by atoms with Gasteiger partial charge in [-0.1, -0.05) is 42.5 Å². The Bertz CT molecular complexity index is 655. The van der Waals surface area contributed by atoms with E-state index in [1.807, 2.05) is 30.3 Å². The molecular weight excluding hydrogens is 307 g/mol. The minimum absolute atomic E-state index is 0.0852. The number of amides is 2. The number of nitrogens with one attached hydrogen (secondary N) is 2. The molecule has 4 nitrogen and oxygen atoms in total. The van der Waals surface area contributed by atoms with Crippen LogP contribution in [0.15, 0.2) is 54.6 Å². The highest BCUT2D eigenvalue weighted by Gasteiger charge is 2.28. The lowest BCUT2D eigenvalue weighted by Gasteiger charge is -2.25. The molecule has 0 spiro atoms. The second-order valence-corrected chi connectivity index (χ2v) is 5.89. The summed E-state index contributed by atoms with van der Waals surface area (Å²) in [6, 6.07) is 15.4. The lowest BCUT2D eigenvalue weighted by Crippen LogP contribution is -2.42. The van der Waals surface area contributed by atoms with Crippen LogP contribution in [-0.2, 0) is 11.3 Å². The normalized spacial score (nSPS) is 18.1. The topological polar surface area (TPSA) is 50.4 Å². The van der Waals surface area contributed by atoms with Gasteiger partial charge in [0.1, 0.15) is 5.82 Å². The van der Waals surface area contributed by atoms with Gasteiger partial charge in [0.25, 0.3) is 0 Å². The van der Waals surface area contributed by atoms with Gasteiger partial charge in [0.2, 0.25) is 0 Å². The van der Waals surface area contributed by atoms with Crippen LogP contribution in [0.5, 0.6) is 0 Å². The third-order valence-corrected chi connectivity index (χ3v) is 4.15. The third-order valence-electron chi connectivity index (χ3n) is 4.15. The standard InChI is InChI=1S/C19H21FN2O2/c20-16-10-8-15(9-11-16)18(17-7-4-12-24-17)22-19(23)21-13-14-5-2-1-3-6-14/h1-3,5-6,8-11,17-18H,4,7,12-13H2,(H2,21,22,23). The Kier molecular flexibility index (Phi) is 5.43. The summed E-state index contributed by atoms with van der Waals surface area (Å²) >= 11 is 0. The lowest BCUT2D eigenvalue weighted by atomic mass is 9.99. The van der Waals surface area contributed by atoms with E-state index in [0.29, 0.717) is 13.2 Å². The lowest BCUT2D eigenvalue weighted by molar-refractivity contribution is 0.0807. The van der Waals surface area contributed by atoms with Gasteiger partial charge < -0.3 is 15.4 Å². The highest BCUT2D eigenvalue weighted by atomic mass is 19.1. The van der Waals surface area contributed by atoms with Crippen molar-refractivity contribution in [2.75, 3.05) is 6.61 Å². The number of carbonyl (C=O) groups is 1. The molecule has 0 radical (unpaired) electrons. The maximum atomic E-state index is 13.2. The minimum atomic E-state index is -0.293. The first-order valence-electron chi connectivity index (χ1n) is 8.18. The summed E-state index contributed by atoms with van der Waals surface area (Å²) in [4.78, 5) is 12.3. The Labute approximate surface area is 141 Å². The molecule has 5 heteroatoms. The molecule has 2 N–H and O–H groups in total. The average Bonchev–Trinajstić information content (AvgIpc) is 3.14. The fourth-order valence-corrected chi connectivity index (χ4v) is 2.90. The number of hydrogen-bond acceptors (Lipinski definition) is 2. The van der Waals surface area contributed by atoms with E-state index in [-0.39, 0.29) is 24.0 Å². The zero-order valence-corrected chi connectivity index (χ0v) is 13.4. The Morgan fingerprint density at radius 2 is 1.92 bits per heavy atom. The van der Waals surface area contributed by atoms with Gasteiger partial charge in [-0.3, -0.25) is 0 Å². The van der Waals surface area contributed by atoms with E-state index in [1.54, 1.807) is 12.1 Å². The van der Waals surface area contributed by atoms with Crippen LogP contribution >= 0.6 is 0 Å². The molecule has 2 unspecified atom stereocenters. The SMILES string of the molecule is O=C(NCc1ccccc1)NC(c1ccc(F)cc1)C1CCCO1. The summed E-state index contributed by atoms with van der Waals surface area (Å²) in [6.45, 7) is 1.14. The molecule has 2 aromatic rings. The van der Waals surface area contributed by atoms with Gasteiger partial charge in [0.15, 0.2) is 0 Å². The molecule has 3 rings (SSSR count). The van der Waals surface area contributed by atoms with Crippen molar-refractivity contribution in [1.29, 1.82) is 0 Å². The molecule has 1 heterocycles. The van der Waals surface area contributed by atoms with Gasteiger partial charge in [-0.2, -0.15) is 0 Å². The fourth-order valence-electron chi connectivity index (χ4n) is 2.90. The molecular formula is C19H21FN2O2. The van der Waals surface area contributed by atoms with Crippen molar-refractivity contribution in [3.05, 3.63) is 71.5 Å². The van der Waals surface area contributed by atoms with Crippen molar-refractivity contribution in [3.8, 4) is 0 Å². The molecule has 24 heavy (non-hydrogen) atoms. The number of rotatable bonds is 5. The van der Waals surface area contributed by atoms with Gasteiger partial charge in [0, 0.05) is 13.2 Å². The summed E-state index contributed by atoms with van der Waals surface area (Å²) in [6.07, 6.45) is 1.76. The molecule has 0 aromatic heterocycles. The molecule has 0 aliphatic carbocycles. The van der Waals surface area contributed by atoms with Crippen molar-refractivity contribution in [1.82, 2.24) is 10.6 Å². The second-order valence-electron chi connectivity index (χ2n) is 5.89. The molecule has 126 valence electrons. The van der Waals surface area contributed by atoms with E-state index in [1.165, 1.54) is 12.1 Å². The molecule has 2 atom stereocenters. The molecule has 1 aliphatic rings. The zero-order chi connectivity index (χ0) is 16.8. The van der Waals surface area contributed by atoms with Crippen molar-refractivity contribution < 1.29 is 13.9 Å². The van der Waals surface area contributed by atoms with Gasteiger partial charge in [-0.25, -0.2) is 9.18 Å². The summed E-state index contributed by atoms with van der Waals surface area (Å²) in [7, 11) is 0. The summed E-state index contributed by atoms with van der Waals surface area (Å²) in [5, 5.41) is 5.82. The largest absolute Gasteiger partial charge is 0.376 e. The number of halogens is 1. The fraction of sp³-hybridized carbons (Fsp3) is 0.316. The van der Waals surface area contributed by atoms with E-state index >= 15 is 0 Å². The first-order valence-corrected chi connectivity index (χ1v) is 8.18. The molecule has 0 saturated carbocycles. The van der Waals surface area contributed by atoms with E-state index in [9.17, 15) is 9.18 Å². The smallest absolute Gasteiger partial charge is 0.315 e. The van der Waals surface area contributed by atoms with Crippen LogP contribution in [-0.4, -0.2) is 18.7 Å². The summed E-state index contributed by atoms with van der Waals surface area (Å²) < 4.78 is 18.9. The Morgan fingerprint density at radius 3 is 2.58 bits per heavy atom. The van der Waals surface area contributed by atoms with Crippen LogP contribution in [0.2, 0.25) is 0 Å². The molecule has 1 fully saturated rings. The van der Waals surface area contributed by atoms with Gasteiger partial charge in [0.05, 0.1) is 12.1 Å². The van der Waals surface area contributed by atoms with Crippen LogP contribution in [0.3, 0.4) is 0 Å². The maximum Gasteiger partial charge on any atom is 0.315 e. The first-order chi connectivity index (χ1) is 11.7. The number of ether oxygens (including phenoxy) is 1. The molecule has 1 aliphatic heterocycles. The van der Waals surface area contributed by atoms with Crippen LogP contribution in [0, 0.1) is 5.82 Å². The number of hydrogen-bond donors (Lipinski definition) is 2. The summed E-state index contributed by atoms with van der Waals surface area (Å²) in [5.41, 5.74) is 1.88. The third kappa shape index (κ3) is 4.32. The molecule has 2 amide bonds. The Hall–Kier alpha value is -2.40. The Morgan fingerprint density at radius 1 is 1.17 bits per heavy atom. The second kappa shape index (κ2) is 7.93. The summed E-state index contributed by atoms with van der Waals surface area (Å²) in [5.74, 6) is -0.293. The first kappa shape index (κ1) is 16.5. The van der Waals surface area contributed by atoms with Gasteiger partial charge >= 0.3 is 6.03 Å². The predicted octanol–water partition coefficient (Wildman–Crippen LogP) is 3.55. The van der Waals surface area contributed by atoms with Crippen LogP contribution in [0.1, 0.15) is 30.0 Å². The minimum Gasteiger partial charge on any atom is -0.376 e. The van der Waals surface area contributed by atoms with Gasteiger partial charge in [-0.15, -0.1) is 0 Å². The average molecular weight is 328 g/mol. The van der Waals surface area contributed by atoms with Crippen molar-refractivity contribution in [3.63, 3.8) is 0 Å². The number of benzene rings is 2. The van der Waals surface area contributed by atoms with Crippen LogP contribution in [0.4, 0.5) is 9.18 Å². The maximum absolute atomic E-state index is 13.2. The monoisotopic (exact) mass is 328 g/mol. The van der Waals surface area contributed by atoms with E-state index in [4.69, 9.17) is 4.74 Å². The van der Waals surface area contributed by atoms with E-state index in [2.05, 4.69) is 10.6 Å². The zero-order valence-electron chi connectivity index (χ0n) is 13.4. The van der Waals surface area contributed by atoms with Crippen molar-refractivity contribution in [2.45, 2.75) is 31.5 Å². The number of urea groups is 1. The molecule has 2 aromatic carbocycles. The van der Waals surface area contributed by atoms with Crippen LogP contribution in [0.25, 0.3) is 0 Å². The quantitative estimate of drug-likeness (QED) is 0.882.